The van der Waals surface area contributed by atoms with Gasteiger partial charge in [-0.3, -0.25) is 14.6 Å². The summed E-state index contributed by atoms with van der Waals surface area (Å²) in [5, 5.41) is 4.07. The van der Waals surface area contributed by atoms with Gasteiger partial charge in [0.1, 0.15) is 22.8 Å². The highest BCUT2D eigenvalue weighted by Crippen LogP contribution is 2.29. The van der Waals surface area contributed by atoms with Crippen LogP contribution in [-0.2, 0) is 6.42 Å². The van der Waals surface area contributed by atoms with Gasteiger partial charge < -0.3 is 9.47 Å². The number of benzene rings is 2. The highest BCUT2D eigenvalue weighted by atomic mass is 19.1. The van der Waals surface area contributed by atoms with Crippen molar-refractivity contribution in [2.45, 2.75) is 13.3 Å². The molecule has 0 atom stereocenters. The summed E-state index contributed by atoms with van der Waals surface area (Å²) in [6.07, 6.45) is 4.62. The third-order valence-corrected chi connectivity index (χ3v) is 5.80. The molecule has 5 aromatic rings. The van der Waals surface area contributed by atoms with Crippen LogP contribution in [0.25, 0.3) is 16.7 Å². The van der Waals surface area contributed by atoms with Crippen molar-refractivity contribution in [3.05, 3.63) is 112 Å². The van der Waals surface area contributed by atoms with Gasteiger partial charge in [0, 0.05) is 30.9 Å². The average Bonchev–Trinajstić information content (AvgIpc) is 2.90. The predicted molar refractivity (Wildman–Crippen MR) is 135 cm³/mol. The van der Waals surface area contributed by atoms with Crippen LogP contribution in [0.3, 0.4) is 0 Å². The number of hydrogen-bond acceptors (Lipinski definition) is 7. The molecule has 0 aliphatic rings. The van der Waals surface area contributed by atoms with E-state index in [-0.39, 0.29) is 17.8 Å². The van der Waals surface area contributed by atoms with Gasteiger partial charge in [0.2, 0.25) is 0 Å². The van der Waals surface area contributed by atoms with E-state index >= 15 is 0 Å². The Labute approximate surface area is 211 Å². The summed E-state index contributed by atoms with van der Waals surface area (Å²) in [4.78, 5) is 34.6. The van der Waals surface area contributed by atoms with Gasteiger partial charge in [-0.05, 0) is 54.4 Å². The molecule has 0 aliphatic heterocycles. The first-order chi connectivity index (χ1) is 17.9. The Morgan fingerprint density at radius 2 is 1.78 bits per heavy atom. The lowest BCUT2D eigenvalue weighted by Gasteiger charge is -2.10. The molecule has 0 bridgehead atoms. The summed E-state index contributed by atoms with van der Waals surface area (Å²) in [7, 11) is 1.56. The van der Waals surface area contributed by atoms with E-state index in [0.717, 1.165) is 4.68 Å². The van der Waals surface area contributed by atoms with Crippen molar-refractivity contribution in [3.63, 3.8) is 0 Å². The molecule has 37 heavy (non-hydrogen) atoms. The first-order valence-electron chi connectivity index (χ1n) is 11.4. The quantitative estimate of drug-likeness (QED) is 0.297. The lowest BCUT2D eigenvalue weighted by Crippen LogP contribution is -2.28. The van der Waals surface area contributed by atoms with Crippen LogP contribution in [0.5, 0.6) is 17.2 Å². The number of carbonyl (C=O) groups excluding carboxylic acids is 1. The Kier molecular flexibility index (Phi) is 6.42. The Hall–Kier alpha value is -4.92. The van der Waals surface area contributed by atoms with Crippen LogP contribution in [0, 0.1) is 12.7 Å². The first-order valence-corrected chi connectivity index (χ1v) is 11.4. The number of Topliss-reactive ketones (excluding diaryl/α,β-unsaturated/α-hetero) is 1. The van der Waals surface area contributed by atoms with Gasteiger partial charge in [-0.2, -0.15) is 9.78 Å². The summed E-state index contributed by atoms with van der Waals surface area (Å²) < 4.78 is 25.8. The van der Waals surface area contributed by atoms with E-state index in [9.17, 15) is 14.0 Å². The van der Waals surface area contributed by atoms with Crippen molar-refractivity contribution in [2.75, 3.05) is 7.11 Å². The van der Waals surface area contributed by atoms with Crippen LogP contribution in [0.2, 0.25) is 0 Å². The van der Waals surface area contributed by atoms with Gasteiger partial charge >= 0.3 is 0 Å². The van der Waals surface area contributed by atoms with E-state index in [1.54, 1.807) is 62.8 Å². The van der Waals surface area contributed by atoms with Crippen LogP contribution in [0.1, 0.15) is 21.5 Å². The number of methoxy groups -OCH3 is 1. The first kappa shape index (κ1) is 23.8. The molecule has 3 aromatic heterocycles. The molecule has 0 radical (unpaired) electrons. The third-order valence-electron chi connectivity index (χ3n) is 5.80. The van der Waals surface area contributed by atoms with Gasteiger partial charge in [0.05, 0.1) is 30.1 Å². The van der Waals surface area contributed by atoms with Gasteiger partial charge in [-0.15, -0.1) is 0 Å². The van der Waals surface area contributed by atoms with E-state index in [0.29, 0.717) is 45.1 Å². The summed E-state index contributed by atoms with van der Waals surface area (Å²) in [6, 6.07) is 15.9. The van der Waals surface area contributed by atoms with Gasteiger partial charge in [0.25, 0.3) is 5.56 Å². The maximum atomic E-state index is 13.5. The second-order valence-electron chi connectivity index (χ2n) is 8.29. The average molecular weight is 496 g/mol. The molecule has 3 heterocycles. The molecule has 0 aliphatic carbocycles. The van der Waals surface area contributed by atoms with Crippen molar-refractivity contribution in [1.29, 1.82) is 0 Å². The van der Waals surface area contributed by atoms with Crippen LogP contribution in [0.4, 0.5) is 4.39 Å². The minimum atomic E-state index is -0.559. The van der Waals surface area contributed by atoms with E-state index in [1.807, 2.05) is 0 Å². The fourth-order valence-electron chi connectivity index (χ4n) is 3.92. The molecule has 0 fully saturated rings. The van der Waals surface area contributed by atoms with Gasteiger partial charge in [-0.25, -0.2) is 9.37 Å². The summed E-state index contributed by atoms with van der Waals surface area (Å²) >= 11 is 0. The molecule has 184 valence electrons. The van der Waals surface area contributed by atoms with E-state index in [2.05, 4.69) is 15.1 Å². The zero-order chi connectivity index (χ0) is 25.9. The molecule has 0 amide bonds. The second kappa shape index (κ2) is 9.98. The van der Waals surface area contributed by atoms with E-state index in [1.165, 1.54) is 30.5 Å². The summed E-state index contributed by atoms with van der Waals surface area (Å²) in [5.74, 6) is 0.916. The number of carbonyl (C=O) groups is 1. The Balaban J connectivity index is 1.34. The zero-order valence-corrected chi connectivity index (χ0v) is 20.0. The number of ether oxygens (including phenoxy) is 2. The molecule has 8 nitrogen and oxygen atoms in total. The van der Waals surface area contributed by atoms with Crippen molar-refractivity contribution in [2.24, 2.45) is 0 Å². The third kappa shape index (κ3) is 4.92. The standard InChI is InChI=1S/C28H21FN4O4/c1-17-13-19(29)5-8-24(17)33-28(35)22(9-12-32-33)25(34)14-18-3-6-20(7-4-18)37-26-10-11-30-23-15-21(36-2)16-31-27(23)26/h3-13,15-16H,14H2,1-2H3. The van der Waals surface area contributed by atoms with E-state index in [4.69, 9.17) is 9.47 Å². The van der Waals surface area contributed by atoms with Crippen LogP contribution < -0.4 is 15.0 Å². The SMILES string of the molecule is COc1cnc2c(Oc3ccc(CC(=O)c4ccnn(-c5ccc(F)cc5C)c4=O)cc3)ccnc2c1. The van der Waals surface area contributed by atoms with Crippen LogP contribution in [0.15, 0.2) is 84.0 Å². The lowest BCUT2D eigenvalue weighted by atomic mass is 10.0. The smallest absolute Gasteiger partial charge is 0.282 e. The summed E-state index contributed by atoms with van der Waals surface area (Å²) in [5.41, 5.74) is 2.33. The zero-order valence-electron chi connectivity index (χ0n) is 20.0. The summed E-state index contributed by atoms with van der Waals surface area (Å²) in [6.45, 7) is 1.67. The maximum Gasteiger partial charge on any atom is 0.282 e. The monoisotopic (exact) mass is 496 g/mol. The molecular formula is C28H21FN4O4. The molecular weight excluding hydrogens is 475 g/mol. The van der Waals surface area contributed by atoms with Crippen molar-refractivity contribution >= 4 is 16.8 Å². The number of aryl methyl sites for hydroxylation is 1. The predicted octanol–water partition coefficient (Wildman–Crippen LogP) is 4.85. The number of hydrogen-bond donors (Lipinski definition) is 0. The highest BCUT2D eigenvalue weighted by Gasteiger charge is 2.16. The Morgan fingerprint density at radius 3 is 2.54 bits per heavy atom. The molecule has 0 spiro atoms. The fourth-order valence-corrected chi connectivity index (χ4v) is 3.92. The Bertz CT molecular complexity index is 1680. The number of nitrogens with zero attached hydrogens (tertiary/aromatic N) is 4. The van der Waals surface area contributed by atoms with Crippen LogP contribution in [-0.4, -0.2) is 32.6 Å². The largest absolute Gasteiger partial charge is 0.495 e. The molecule has 0 unspecified atom stereocenters. The molecule has 5 rings (SSSR count). The molecule has 2 aromatic carbocycles. The number of rotatable bonds is 7. The maximum absolute atomic E-state index is 13.5. The molecule has 0 N–H and O–H groups in total. The molecule has 9 heteroatoms. The number of pyridine rings is 2. The lowest BCUT2D eigenvalue weighted by molar-refractivity contribution is 0.0991. The van der Waals surface area contributed by atoms with Crippen molar-refractivity contribution < 1.29 is 18.7 Å². The second-order valence-corrected chi connectivity index (χ2v) is 8.29. The van der Waals surface area contributed by atoms with Crippen molar-refractivity contribution in [1.82, 2.24) is 19.7 Å². The van der Waals surface area contributed by atoms with Crippen LogP contribution >= 0.6 is 0 Å². The normalized spacial score (nSPS) is 10.9. The van der Waals surface area contributed by atoms with Gasteiger partial charge in [-0.1, -0.05) is 12.1 Å². The highest BCUT2D eigenvalue weighted by molar-refractivity contribution is 5.97. The fraction of sp³-hybridized carbons (Fsp3) is 0.107. The Morgan fingerprint density at radius 1 is 0.973 bits per heavy atom. The molecule has 0 saturated carbocycles. The topological polar surface area (TPSA) is 96.2 Å². The van der Waals surface area contributed by atoms with Crippen molar-refractivity contribution in [3.8, 4) is 22.9 Å². The number of aromatic nitrogens is 4. The number of halogens is 1. The molecule has 0 saturated heterocycles. The minimum absolute atomic E-state index is 0.00353. The number of ketones is 1. The number of fused-ring (bicyclic) bond motifs is 1. The minimum Gasteiger partial charge on any atom is -0.495 e. The van der Waals surface area contributed by atoms with Gasteiger partial charge in [0.15, 0.2) is 11.5 Å². The van der Waals surface area contributed by atoms with E-state index < -0.39 is 11.4 Å².